The Bertz CT molecular complexity index is 524. The molecule has 3 nitrogen and oxygen atoms in total. The van der Waals surface area contributed by atoms with Crippen LogP contribution in [0.5, 0.6) is 0 Å². The molecule has 0 spiro atoms. The Morgan fingerprint density at radius 3 is 3.00 bits per heavy atom. The molecule has 0 bridgehead atoms. The third kappa shape index (κ3) is 2.68. The first kappa shape index (κ1) is 11.3. The van der Waals surface area contributed by atoms with Crippen molar-refractivity contribution in [2.45, 2.75) is 6.42 Å². The number of hydrogen-bond acceptors (Lipinski definition) is 4. The summed E-state index contributed by atoms with van der Waals surface area (Å²) in [5, 5.41) is 13.0. The Hall–Kier alpha value is -1.20. The molecular formula is C11H7BrNO2S-. The van der Waals surface area contributed by atoms with Gasteiger partial charge in [0.15, 0.2) is 0 Å². The standard InChI is InChI=1S/C11H8BrNO2S/c12-8-3-1-2-7(4-8)11-13-9(6-16-11)5-10(14)15/h1-4,6H,5H2,(H,14,15)/p-1. The molecule has 16 heavy (non-hydrogen) atoms. The van der Waals surface area contributed by atoms with Crippen molar-refractivity contribution in [3.05, 3.63) is 39.8 Å². The highest BCUT2D eigenvalue weighted by atomic mass is 79.9. The number of halogens is 1. The molecule has 0 aliphatic carbocycles. The first-order chi connectivity index (χ1) is 7.65. The molecule has 0 amide bonds. The van der Waals surface area contributed by atoms with Crippen molar-refractivity contribution in [3.63, 3.8) is 0 Å². The second kappa shape index (κ2) is 4.76. The molecule has 0 radical (unpaired) electrons. The third-order valence-electron chi connectivity index (χ3n) is 1.95. The zero-order valence-corrected chi connectivity index (χ0v) is 10.5. The molecule has 5 heteroatoms. The van der Waals surface area contributed by atoms with E-state index in [-0.39, 0.29) is 6.42 Å². The number of rotatable bonds is 3. The Morgan fingerprint density at radius 1 is 1.50 bits per heavy atom. The van der Waals surface area contributed by atoms with Gasteiger partial charge >= 0.3 is 0 Å². The Kier molecular flexibility index (Phi) is 3.36. The molecule has 0 aliphatic rings. The van der Waals surface area contributed by atoms with Crippen molar-refractivity contribution in [2.75, 3.05) is 0 Å². The maximum Gasteiger partial charge on any atom is 0.123 e. The number of carbonyl (C=O) groups is 1. The lowest BCUT2D eigenvalue weighted by molar-refractivity contribution is -0.304. The summed E-state index contributed by atoms with van der Waals surface area (Å²) in [6, 6.07) is 7.73. The minimum absolute atomic E-state index is 0.134. The lowest BCUT2D eigenvalue weighted by Crippen LogP contribution is -2.24. The van der Waals surface area contributed by atoms with Gasteiger partial charge in [-0.1, -0.05) is 28.1 Å². The largest absolute Gasteiger partial charge is 0.550 e. The van der Waals surface area contributed by atoms with Crippen LogP contribution in [0.3, 0.4) is 0 Å². The Labute approximate surface area is 105 Å². The Morgan fingerprint density at radius 2 is 2.31 bits per heavy atom. The van der Waals surface area contributed by atoms with E-state index < -0.39 is 5.97 Å². The van der Waals surface area contributed by atoms with Crippen LogP contribution >= 0.6 is 27.3 Å². The van der Waals surface area contributed by atoms with Crippen molar-refractivity contribution in [3.8, 4) is 10.6 Å². The quantitative estimate of drug-likeness (QED) is 0.869. The minimum atomic E-state index is -1.11. The van der Waals surface area contributed by atoms with Gasteiger partial charge in [-0.3, -0.25) is 0 Å². The fourth-order valence-electron chi connectivity index (χ4n) is 1.29. The maximum atomic E-state index is 10.4. The molecule has 1 aromatic carbocycles. The van der Waals surface area contributed by atoms with Crippen LogP contribution in [0.25, 0.3) is 10.6 Å². The van der Waals surface area contributed by atoms with E-state index in [0.29, 0.717) is 5.69 Å². The van der Waals surface area contributed by atoms with Gasteiger partial charge in [-0.25, -0.2) is 4.98 Å². The predicted octanol–water partition coefficient (Wildman–Crippen LogP) is 1.86. The number of hydrogen-bond donors (Lipinski definition) is 0. The van der Waals surface area contributed by atoms with Crippen LogP contribution < -0.4 is 5.11 Å². The highest BCUT2D eigenvalue weighted by molar-refractivity contribution is 9.10. The first-order valence-electron chi connectivity index (χ1n) is 4.55. The van der Waals surface area contributed by atoms with Crippen LogP contribution in [-0.2, 0) is 11.2 Å². The van der Waals surface area contributed by atoms with Crippen LogP contribution in [0.15, 0.2) is 34.1 Å². The second-order valence-corrected chi connectivity index (χ2v) is 4.98. The van der Waals surface area contributed by atoms with Gasteiger partial charge in [0.1, 0.15) is 5.01 Å². The first-order valence-corrected chi connectivity index (χ1v) is 6.22. The molecule has 0 aliphatic heterocycles. The van der Waals surface area contributed by atoms with Crippen molar-refractivity contribution < 1.29 is 9.90 Å². The molecule has 1 heterocycles. The van der Waals surface area contributed by atoms with Crippen molar-refractivity contribution >= 4 is 33.2 Å². The number of carboxylic acids is 1. The summed E-state index contributed by atoms with van der Waals surface area (Å²) in [4.78, 5) is 14.7. The van der Waals surface area contributed by atoms with Crippen molar-refractivity contribution in [1.82, 2.24) is 4.98 Å². The van der Waals surface area contributed by atoms with Gasteiger partial charge < -0.3 is 9.90 Å². The molecule has 0 atom stereocenters. The van der Waals surface area contributed by atoms with Gasteiger partial charge in [0.05, 0.1) is 5.69 Å². The third-order valence-corrected chi connectivity index (χ3v) is 3.38. The fourth-order valence-corrected chi connectivity index (χ4v) is 2.51. The molecule has 2 aromatic rings. The smallest absolute Gasteiger partial charge is 0.123 e. The minimum Gasteiger partial charge on any atom is -0.550 e. The highest BCUT2D eigenvalue weighted by Crippen LogP contribution is 2.26. The van der Waals surface area contributed by atoms with E-state index in [1.807, 2.05) is 24.3 Å². The van der Waals surface area contributed by atoms with Crippen LogP contribution in [0.1, 0.15) is 5.69 Å². The van der Waals surface area contributed by atoms with E-state index in [0.717, 1.165) is 15.0 Å². The molecule has 0 N–H and O–H groups in total. The van der Waals surface area contributed by atoms with Gasteiger partial charge in [0.25, 0.3) is 0 Å². The highest BCUT2D eigenvalue weighted by Gasteiger charge is 2.05. The summed E-state index contributed by atoms with van der Waals surface area (Å²) in [5.41, 5.74) is 1.52. The van der Waals surface area contributed by atoms with E-state index >= 15 is 0 Å². The van der Waals surface area contributed by atoms with Gasteiger partial charge in [-0.2, -0.15) is 0 Å². The van der Waals surface area contributed by atoms with Gasteiger partial charge in [-0.05, 0) is 12.1 Å². The molecule has 0 fully saturated rings. The Balaban J connectivity index is 2.28. The SMILES string of the molecule is O=C([O-])Cc1csc(-c2cccc(Br)c2)n1. The van der Waals surface area contributed by atoms with Crippen LogP contribution in [0.4, 0.5) is 0 Å². The van der Waals surface area contributed by atoms with Crippen molar-refractivity contribution in [2.24, 2.45) is 0 Å². The van der Waals surface area contributed by atoms with E-state index in [4.69, 9.17) is 0 Å². The zero-order valence-electron chi connectivity index (χ0n) is 8.14. The number of thiazole rings is 1. The van der Waals surface area contributed by atoms with E-state index in [2.05, 4.69) is 20.9 Å². The molecule has 0 saturated heterocycles. The van der Waals surface area contributed by atoms with Crippen LogP contribution in [0, 0.1) is 0 Å². The summed E-state index contributed by atoms with van der Waals surface area (Å²) < 4.78 is 0.974. The normalized spacial score (nSPS) is 10.3. The number of carboxylic acid groups (broad SMARTS) is 1. The van der Waals surface area contributed by atoms with Gasteiger partial charge in [-0.15, -0.1) is 11.3 Å². The maximum absolute atomic E-state index is 10.4. The lowest BCUT2D eigenvalue weighted by atomic mass is 10.2. The second-order valence-electron chi connectivity index (χ2n) is 3.20. The molecular weight excluding hydrogens is 290 g/mol. The van der Waals surface area contributed by atoms with E-state index in [1.54, 1.807) is 5.38 Å². The lowest BCUT2D eigenvalue weighted by Gasteiger charge is -1.98. The summed E-state index contributed by atoms with van der Waals surface area (Å²) in [5.74, 6) is -1.11. The summed E-state index contributed by atoms with van der Waals surface area (Å²) in [7, 11) is 0. The summed E-state index contributed by atoms with van der Waals surface area (Å²) in [6.45, 7) is 0. The number of nitrogens with zero attached hydrogens (tertiary/aromatic N) is 1. The topological polar surface area (TPSA) is 53.0 Å². The molecule has 0 unspecified atom stereocenters. The number of benzene rings is 1. The van der Waals surface area contributed by atoms with Gasteiger partial charge in [0, 0.05) is 27.8 Å². The molecule has 0 saturated carbocycles. The average Bonchev–Trinajstić information content (AvgIpc) is 2.65. The fraction of sp³-hybridized carbons (Fsp3) is 0.0909. The molecule has 2 rings (SSSR count). The number of carbonyl (C=O) groups excluding carboxylic acids is 1. The van der Waals surface area contributed by atoms with Crippen LogP contribution in [-0.4, -0.2) is 11.0 Å². The number of aromatic nitrogens is 1. The van der Waals surface area contributed by atoms with Crippen LogP contribution in [0.2, 0.25) is 0 Å². The molecule has 82 valence electrons. The molecule has 1 aromatic heterocycles. The summed E-state index contributed by atoms with van der Waals surface area (Å²) in [6.07, 6.45) is -0.134. The van der Waals surface area contributed by atoms with Crippen molar-refractivity contribution in [1.29, 1.82) is 0 Å². The monoisotopic (exact) mass is 296 g/mol. The zero-order chi connectivity index (χ0) is 11.5. The van der Waals surface area contributed by atoms with E-state index in [1.165, 1.54) is 11.3 Å². The predicted molar refractivity (Wildman–Crippen MR) is 64.0 cm³/mol. The summed E-state index contributed by atoms with van der Waals surface area (Å²) >= 11 is 4.81. The van der Waals surface area contributed by atoms with Gasteiger partial charge in [0.2, 0.25) is 0 Å². The van der Waals surface area contributed by atoms with E-state index in [9.17, 15) is 9.90 Å². The number of aliphatic carboxylic acids is 1. The average molecular weight is 297 g/mol.